The van der Waals surface area contributed by atoms with E-state index in [1.165, 1.54) is 7.11 Å². The number of carbonyl (C=O) groups excluding carboxylic acids is 1. The summed E-state index contributed by atoms with van der Waals surface area (Å²) in [5.74, 6) is 0.322. The number of benzene rings is 1. The smallest absolute Gasteiger partial charge is 0.354 e. The van der Waals surface area contributed by atoms with Crippen molar-refractivity contribution >= 4 is 16.9 Å². The number of rotatable bonds is 3. The molecule has 2 aromatic heterocycles. The number of methoxy groups -OCH3 is 2. The first kappa shape index (κ1) is 13.2. The van der Waals surface area contributed by atoms with E-state index in [1.807, 2.05) is 25.2 Å². The fourth-order valence-corrected chi connectivity index (χ4v) is 2.46. The summed E-state index contributed by atoms with van der Waals surface area (Å²) >= 11 is 0. The van der Waals surface area contributed by atoms with Crippen molar-refractivity contribution in [2.75, 3.05) is 14.2 Å². The Morgan fingerprint density at radius 3 is 2.71 bits per heavy atom. The number of aryl methyl sites for hydroxylation is 1. The molecule has 108 valence electrons. The zero-order valence-electron chi connectivity index (χ0n) is 12.0. The van der Waals surface area contributed by atoms with Gasteiger partial charge in [-0.2, -0.15) is 5.10 Å². The van der Waals surface area contributed by atoms with Crippen molar-refractivity contribution in [3.8, 4) is 17.0 Å². The van der Waals surface area contributed by atoms with Gasteiger partial charge in [0.1, 0.15) is 11.4 Å². The SMILES string of the molecule is COC(=O)c1cc2c(-c3ccnn3C)c(OC)ccc2[nH]1. The maximum Gasteiger partial charge on any atom is 0.354 e. The van der Waals surface area contributed by atoms with Crippen LogP contribution in [0.25, 0.3) is 22.2 Å². The third kappa shape index (κ3) is 2.05. The van der Waals surface area contributed by atoms with Crippen molar-refractivity contribution in [2.45, 2.75) is 0 Å². The van der Waals surface area contributed by atoms with E-state index in [9.17, 15) is 4.79 Å². The lowest BCUT2D eigenvalue weighted by molar-refractivity contribution is 0.0595. The molecule has 0 fully saturated rings. The highest BCUT2D eigenvalue weighted by atomic mass is 16.5. The topological polar surface area (TPSA) is 69.1 Å². The summed E-state index contributed by atoms with van der Waals surface area (Å²) in [6.07, 6.45) is 1.72. The van der Waals surface area contributed by atoms with E-state index in [0.717, 1.165) is 27.9 Å². The molecule has 0 aliphatic heterocycles. The van der Waals surface area contributed by atoms with Crippen LogP contribution < -0.4 is 4.74 Å². The number of aromatic nitrogens is 3. The van der Waals surface area contributed by atoms with Gasteiger partial charge in [0.15, 0.2) is 0 Å². The standard InChI is InChI=1S/C15H15N3O3/c1-18-12(6-7-16-18)14-9-8-11(15(19)21-3)17-10(9)4-5-13(14)20-2/h4-8,17H,1-3H3. The average Bonchev–Trinajstić information content (AvgIpc) is 3.11. The molecule has 1 N–H and O–H groups in total. The fraction of sp³-hybridized carbons (Fsp3) is 0.200. The molecule has 0 amide bonds. The molecule has 0 saturated carbocycles. The number of hydrogen-bond donors (Lipinski definition) is 1. The highest BCUT2D eigenvalue weighted by Gasteiger charge is 2.18. The number of nitrogens with zero attached hydrogens (tertiary/aromatic N) is 2. The number of hydrogen-bond acceptors (Lipinski definition) is 4. The molecule has 0 bridgehead atoms. The minimum absolute atomic E-state index is 0.402. The molecule has 6 heteroatoms. The number of aromatic amines is 1. The summed E-state index contributed by atoms with van der Waals surface area (Å²) in [6.45, 7) is 0. The molecule has 6 nitrogen and oxygen atoms in total. The van der Waals surface area contributed by atoms with Crippen LogP contribution in [0.15, 0.2) is 30.5 Å². The predicted octanol–water partition coefficient (Wildman–Crippen LogP) is 2.36. The Morgan fingerprint density at radius 2 is 2.10 bits per heavy atom. The first-order valence-electron chi connectivity index (χ1n) is 6.42. The Hall–Kier alpha value is -2.76. The molecular weight excluding hydrogens is 270 g/mol. The highest BCUT2D eigenvalue weighted by Crippen LogP contribution is 2.37. The molecule has 3 aromatic rings. The maximum atomic E-state index is 11.7. The molecule has 0 aliphatic rings. The Balaban J connectivity index is 2.31. The number of nitrogens with one attached hydrogen (secondary N) is 1. The summed E-state index contributed by atoms with van der Waals surface area (Å²) < 4.78 is 12.0. The second kappa shape index (κ2) is 4.97. The summed E-state index contributed by atoms with van der Waals surface area (Å²) in [4.78, 5) is 14.8. The van der Waals surface area contributed by atoms with E-state index >= 15 is 0 Å². The van der Waals surface area contributed by atoms with Gasteiger partial charge < -0.3 is 14.5 Å². The summed E-state index contributed by atoms with van der Waals surface area (Å²) in [7, 11) is 4.84. The van der Waals surface area contributed by atoms with Gasteiger partial charge in [0, 0.05) is 24.1 Å². The molecule has 0 atom stereocenters. The Kier molecular flexibility index (Phi) is 3.13. The monoisotopic (exact) mass is 285 g/mol. The Labute approximate surface area is 121 Å². The lowest BCUT2D eigenvalue weighted by Gasteiger charge is -2.10. The predicted molar refractivity (Wildman–Crippen MR) is 78.4 cm³/mol. The van der Waals surface area contributed by atoms with E-state index in [-0.39, 0.29) is 0 Å². The van der Waals surface area contributed by atoms with Gasteiger partial charge in [-0.3, -0.25) is 4.68 Å². The molecule has 2 heterocycles. The van der Waals surface area contributed by atoms with Crippen LogP contribution in [0.2, 0.25) is 0 Å². The Bertz CT molecular complexity index is 817. The summed E-state index contributed by atoms with van der Waals surface area (Å²) in [6, 6.07) is 7.41. The molecule has 0 unspecified atom stereocenters. The molecule has 0 spiro atoms. The molecule has 1 aromatic carbocycles. The summed E-state index contributed by atoms with van der Waals surface area (Å²) in [5, 5.41) is 5.08. The molecule has 0 aliphatic carbocycles. The number of ether oxygens (including phenoxy) is 2. The van der Waals surface area contributed by atoms with Gasteiger partial charge >= 0.3 is 5.97 Å². The van der Waals surface area contributed by atoms with Crippen LogP contribution in [0.3, 0.4) is 0 Å². The number of esters is 1. The van der Waals surface area contributed by atoms with Crippen LogP contribution in [0.4, 0.5) is 0 Å². The minimum Gasteiger partial charge on any atom is -0.496 e. The van der Waals surface area contributed by atoms with Gasteiger partial charge in [0.05, 0.1) is 25.5 Å². The molecule has 21 heavy (non-hydrogen) atoms. The van der Waals surface area contributed by atoms with Gasteiger partial charge in [0.25, 0.3) is 0 Å². The summed E-state index contributed by atoms with van der Waals surface area (Å²) in [5.41, 5.74) is 3.05. The lowest BCUT2D eigenvalue weighted by Crippen LogP contribution is -2.00. The van der Waals surface area contributed by atoms with Gasteiger partial charge in [-0.1, -0.05) is 0 Å². The highest BCUT2D eigenvalue weighted by molar-refractivity contribution is 6.02. The van der Waals surface area contributed by atoms with E-state index in [1.54, 1.807) is 24.1 Å². The maximum absolute atomic E-state index is 11.7. The van der Waals surface area contributed by atoms with E-state index in [0.29, 0.717) is 5.69 Å². The van der Waals surface area contributed by atoms with Crippen molar-refractivity contribution in [1.82, 2.24) is 14.8 Å². The van der Waals surface area contributed by atoms with Crippen molar-refractivity contribution < 1.29 is 14.3 Å². The van der Waals surface area contributed by atoms with E-state index in [2.05, 4.69) is 10.1 Å². The largest absolute Gasteiger partial charge is 0.496 e. The number of carbonyl (C=O) groups is 1. The van der Waals surface area contributed by atoms with Crippen molar-refractivity contribution in [3.63, 3.8) is 0 Å². The third-order valence-electron chi connectivity index (χ3n) is 3.47. The first-order valence-corrected chi connectivity index (χ1v) is 6.42. The molecular formula is C15H15N3O3. The van der Waals surface area contributed by atoms with Gasteiger partial charge in [-0.05, 0) is 24.3 Å². The molecule has 0 saturated heterocycles. The van der Waals surface area contributed by atoms with Gasteiger partial charge in [0.2, 0.25) is 0 Å². The average molecular weight is 285 g/mol. The Morgan fingerprint density at radius 1 is 1.29 bits per heavy atom. The number of fused-ring (bicyclic) bond motifs is 1. The van der Waals surface area contributed by atoms with Crippen LogP contribution in [0.1, 0.15) is 10.5 Å². The van der Waals surface area contributed by atoms with E-state index < -0.39 is 5.97 Å². The van der Waals surface area contributed by atoms with Crippen LogP contribution in [-0.4, -0.2) is 35.0 Å². The normalized spacial score (nSPS) is 10.8. The first-order chi connectivity index (χ1) is 10.2. The zero-order chi connectivity index (χ0) is 15.0. The number of H-pyrrole nitrogens is 1. The van der Waals surface area contributed by atoms with Crippen molar-refractivity contribution in [3.05, 3.63) is 36.2 Å². The van der Waals surface area contributed by atoms with Crippen LogP contribution in [0, 0.1) is 0 Å². The lowest BCUT2D eigenvalue weighted by atomic mass is 10.1. The fourth-order valence-electron chi connectivity index (χ4n) is 2.46. The van der Waals surface area contributed by atoms with Crippen molar-refractivity contribution in [1.29, 1.82) is 0 Å². The van der Waals surface area contributed by atoms with Gasteiger partial charge in [-0.15, -0.1) is 0 Å². The minimum atomic E-state index is -0.402. The molecule has 3 rings (SSSR count). The van der Waals surface area contributed by atoms with Crippen molar-refractivity contribution in [2.24, 2.45) is 7.05 Å². The van der Waals surface area contributed by atoms with Crippen LogP contribution >= 0.6 is 0 Å². The van der Waals surface area contributed by atoms with Gasteiger partial charge in [-0.25, -0.2) is 4.79 Å². The second-order valence-electron chi connectivity index (χ2n) is 4.62. The quantitative estimate of drug-likeness (QED) is 0.750. The van der Waals surface area contributed by atoms with Crippen LogP contribution in [0.5, 0.6) is 5.75 Å². The van der Waals surface area contributed by atoms with Crippen LogP contribution in [-0.2, 0) is 11.8 Å². The third-order valence-corrected chi connectivity index (χ3v) is 3.47. The second-order valence-corrected chi connectivity index (χ2v) is 4.62. The van der Waals surface area contributed by atoms with E-state index in [4.69, 9.17) is 9.47 Å². The molecule has 0 radical (unpaired) electrons. The zero-order valence-corrected chi connectivity index (χ0v) is 12.0.